The van der Waals surface area contributed by atoms with Gasteiger partial charge >= 0.3 is 5.69 Å². The van der Waals surface area contributed by atoms with E-state index < -0.39 is 4.92 Å². The van der Waals surface area contributed by atoms with Gasteiger partial charge in [-0.25, -0.2) is 0 Å². The molecule has 0 spiro atoms. The van der Waals surface area contributed by atoms with Crippen LogP contribution in [0.15, 0.2) is 35.7 Å². The number of rotatable bonds is 5. The monoisotopic (exact) mass is 277 g/mol. The number of hydrogen-bond acceptors (Lipinski definition) is 5. The lowest BCUT2D eigenvalue weighted by Crippen LogP contribution is -2.10. The van der Waals surface area contributed by atoms with Gasteiger partial charge in [0.25, 0.3) is 0 Å². The van der Waals surface area contributed by atoms with Crippen molar-refractivity contribution in [2.75, 3.05) is 11.1 Å². The van der Waals surface area contributed by atoms with Gasteiger partial charge < -0.3 is 11.1 Å². The van der Waals surface area contributed by atoms with Crippen LogP contribution < -0.4 is 11.1 Å². The Bertz CT molecular complexity index is 569. The number of nitro groups is 1. The fourth-order valence-electron chi connectivity index (χ4n) is 1.93. The fourth-order valence-corrected chi connectivity index (χ4v) is 2.79. The number of nitrogen functional groups attached to an aromatic ring is 1. The predicted molar refractivity (Wildman–Crippen MR) is 78.5 cm³/mol. The van der Waals surface area contributed by atoms with Gasteiger partial charge in [0.2, 0.25) is 0 Å². The molecule has 5 nitrogen and oxygen atoms in total. The molecule has 1 aromatic carbocycles. The minimum atomic E-state index is -0.446. The average molecular weight is 277 g/mol. The summed E-state index contributed by atoms with van der Waals surface area (Å²) in [5.41, 5.74) is 6.26. The molecular formula is C13H15N3O2S. The molecule has 6 heteroatoms. The van der Waals surface area contributed by atoms with E-state index in [4.69, 9.17) is 5.73 Å². The van der Waals surface area contributed by atoms with Gasteiger partial charge in [0.05, 0.1) is 11.0 Å². The summed E-state index contributed by atoms with van der Waals surface area (Å²) in [6.45, 7) is 2.04. The Morgan fingerprint density at radius 2 is 2.21 bits per heavy atom. The number of thiophene rings is 1. The molecule has 2 rings (SSSR count). The number of nitrogens with two attached hydrogens (primary N) is 1. The SMILES string of the molecule is CCC(Nc1cccc(N)c1[N+](=O)[O-])c1cccs1. The van der Waals surface area contributed by atoms with Crippen molar-refractivity contribution in [2.45, 2.75) is 19.4 Å². The first kappa shape index (κ1) is 13.4. The lowest BCUT2D eigenvalue weighted by atomic mass is 10.1. The van der Waals surface area contributed by atoms with Crippen LogP contribution in [0.1, 0.15) is 24.3 Å². The number of nitro benzene ring substituents is 1. The van der Waals surface area contributed by atoms with Gasteiger partial charge in [0.1, 0.15) is 11.4 Å². The highest BCUT2D eigenvalue weighted by Crippen LogP contribution is 2.34. The lowest BCUT2D eigenvalue weighted by Gasteiger charge is -2.17. The first-order valence-electron chi connectivity index (χ1n) is 5.96. The van der Waals surface area contributed by atoms with Gasteiger partial charge in [-0.1, -0.05) is 19.1 Å². The third-order valence-corrected chi connectivity index (χ3v) is 3.86. The van der Waals surface area contributed by atoms with Gasteiger partial charge in [-0.2, -0.15) is 0 Å². The van der Waals surface area contributed by atoms with Crippen LogP contribution in [-0.4, -0.2) is 4.92 Å². The molecule has 2 aromatic rings. The minimum absolute atomic E-state index is 0.0560. The van der Waals surface area contributed by atoms with Crippen LogP contribution in [0.3, 0.4) is 0 Å². The highest BCUT2D eigenvalue weighted by atomic mass is 32.1. The maximum absolute atomic E-state index is 11.1. The third kappa shape index (κ3) is 2.85. The lowest BCUT2D eigenvalue weighted by molar-refractivity contribution is -0.383. The molecular weight excluding hydrogens is 262 g/mol. The van der Waals surface area contributed by atoms with Crippen LogP contribution in [0.4, 0.5) is 17.1 Å². The zero-order chi connectivity index (χ0) is 13.8. The van der Waals surface area contributed by atoms with Gasteiger partial charge in [0.15, 0.2) is 0 Å². The maximum atomic E-state index is 11.1. The summed E-state index contributed by atoms with van der Waals surface area (Å²) >= 11 is 1.63. The van der Waals surface area contributed by atoms with E-state index >= 15 is 0 Å². The second-order valence-electron chi connectivity index (χ2n) is 4.12. The molecule has 0 aliphatic rings. The number of nitrogens with zero attached hydrogens (tertiary/aromatic N) is 1. The summed E-state index contributed by atoms with van der Waals surface area (Å²) in [6, 6.07) is 8.98. The van der Waals surface area contributed by atoms with Crippen LogP contribution in [0.25, 0.3) is 0 Å². The van der Waals surface area contributed by atoms with Crippen LogP contribution in [-0.2, 0) is 0 Å². The molecule has 1 atom stereocenters. The van der Waals surface area contributed by atoms with Gasteiger partial charge in [0, 0.05) is 4.88 Å². The molecule has 0 aliphatic carbocycles. The van der Waals surface area contributed by atoms with E-state index in [1.54, 1.807) is 23.5 Å². The van der Waals surface area contributed by atoms with Gasteiger partial charge in [-0.05, 0) is 30.0 Å². The highest BCUT2D eigenvalue weighted by molar-refractivity contribution is 7.10. The highest BCUT2D eigenvalue weighted by Gasteiger charge is 2.20. The summed E-state index contributed by atoms with van der Waals surface area (Å²) in [5, 5.41) is 16.3. The van der Waals surface area contributed by atoms with Gasteiger partial charge in [-0.3, -0.25) is 10.1 Å². The van der Waals surface area contributed by atoms with E-state index in [-0.39, 0.29) is 17.4 Å². The van der Waals surface area contributed by atoms with Crippen molar-refractivity contribution in [1.82, 2.24) is 0 Å². The number of nitrogens with one attached hydrogen (secondary N) is 1. The standard InChI is InChI=1S/C13H15N3O2S/c1-2-10(12-7-4-8-19-12)15-11-6-3-5-9(14)13(11)16(17)18/h3-8,10,15H,2,14H2,1H3. The normalized spacial score (nSPS) is 12.1. The molecule has 0 aliphatic heterocycles. The third-order valence-electron chi connectivity index (χ3n) is 2.87. The van der Waals surface area contributed by atoms with E-state index in [0.29, 0.717) is 5.69 Å². The zero-order valence-corrected chi connectivity index (χ0v) is 11.3. The Labute approximate surface area is 115 Å². The summed E-state index contributed by atoms with van der Waals surface area (Å²) in [4.78, 5) is 11.8. The first-order valence-corrected chi connectivity index (χ1v) is 6.84. The van der Waals surface area contributed by atoms with Crippen LogP contribution in [0.2, 0.25) is 0 Å². The number of hydrogen-bond donors (Lipinski definition) is 2. The van der Waals surface area contributed by atoms with E-state index in [0.717, 1.165) is 11.3 Å². The maximum Gasteiger partial charge on any atom is 0.314 e. The van der Waals surface area contributed by atoms with Crippen LogP contribution >= 0.6 is 11.3 Å². The quantitative estimate of drug-likeness (QED) is 0.495. The summed E-state index contributed by atoms with van der Waals surface area (Å²) in [6.07, 6.45) is 0.840. The topological polar surface area (TPSA) is 81.2 Å². The largest absolute Gasteiger partial charge is 0.393 e. The molecule has 3 N–H and O–H groups in total. The van der Waals surface area contributed by atoms with Crippen molar-refractivity contribution in [3.05, 3.63) is 50.7 Å². The van der Waals surface area contributed by atoms with Crippen molar-refractivity contribution in [1.29, 1.82) is 0 Å². The Kier molecular flexibility index (Phi) is 4.01. The molecule has 0 fully saturated rings. The zero-order valence-electron chi connectivity index (χ0n) is 10.5. The number of benzene rings is 1. The van der Waals surface area contributed by atoms with Crippen molar-refractivity contribution < 1.29 is 4.92 Å². The number of anilines is 2. The minimum Gasteiger partial charge on any atom is -0.393 e. The Balaban J connectivity index is 2.32. The molecule has 0 saturated heterocycles. The molecule has 1 heterocycles. The summed E-state index contributed by atoms with van der Waals surface area (Å²) in [5.74, 6) is 0. The van der Waals surface area contributed by atoms with E-state index in [1.807, 2.05) is 24.4 Å². The van der Waals surface area contributed by atoms with E-state index in [1.165, 1.54) is 6.07 Å². The molecule has 0 radical (unpaired) electrons. The van der Waals surface area contributed by atoms with Crippen molar-refractivity contribution in [2.24, 2.45) is 0 Å². The van der Waals surface area contributed by atoms with Gasteiger partial charge in [-0.15, -0.1) is 11.3 Å². The summed E-state index contributed by atoms with van der Waals surface area (Å²) < 4.78 is 0. The molecule has 0 amide bonds. The molecule has 0 saturated carbocycles. The average Bonchev–Trinajstić information content (AvgIpc) is 2.89. The van der Waals surface area contributed by atoms with Crippen molar-refractivity contribution >= 4 is 28.4 Å². The second kappa shape index (κ2) is 5.71. The van der Waals surface area contributed by atoms with Crippen molar-refractivity contribution in [3.8, 4) is 0 Å². The Morgan fingerprint density at radius 1 is 1.42 bits per heavy atom. The fraction of sp³-hybridized carbons (Fsp3) is 0.231. The van der Waals surface area contributed by atoms with E-state index in [2.05, 4.69) is 5.32 Å². The summed E-state index contributed by atoms with van der Waals surface area (Å²) in [7, 11) is 0. The van der Waals surface area contributed by atoms with E-state index in [9.17, 15) is 10.1 Å². The molecule has 1 unspecified atom stereocenters. The molecule has 1 aromatic heterocycles. The van der Waals surface area contributed by atoms with Crippen molar-refractivity contribution in [3.63, 3.8) is 0 Å². The van der Waals surface area contributed by atoms with Crippen LogP contribution in [0, 0.1) is 10.1 Å². The second-order valence-corrected chi connectivity index (χ2v) is 5.10. The predicted octanol–water partition coefficient (Wildman–Crippen LogP) is 3.80. The van der Waals surface area contributed by atoms with Crippen LogP contribution in [0.5, 0.6) is 0 Å². The Hall–Kier alpha value is -2.08. The smallest absolute Gasteiger partial charge is 0.314 e. The first-order chi connectivity index (χ1) is 9.13. The molecule has 100 valence electrons. The molecule has 19 heavy (non-hydrogen) atoms. The Morgan fingerprint density at radius 3 is 2.79 bits per heavy atom. The molecule has 0 bridgehead atoms. The number of para-hydroxylation sites is 1.